The van der Waals surface area contributed by atoms with E-state index in [1.54, 1.807) is 0 Å². The van der Waals surface area contributed by atoms with Gasteiger partial charge in [0.2, 0.25) is 0 Å². The molecule has 0 aromatic heterocycles. The van der Waals surface area contributed by atoms with Gasteiger partial charge in [-0.3, -0.25) is 0 Å². The molecule has 4 atom stereocenters. The van der Waals surface area contributed by atoms with Crippen molar-refractivity contribution in [2.24, 2.45) is 0 Å². The minimum absolute atomic E-state index is 0.251. The summed E-state index contributed by atoms with van der Waals surface area (Å²) in [6.07, 6.45) is -9.02. The number of rotatable bonds is 16. The van der Waals surface area contributed by atoms with Crippen LogP contribution in [0.5, 0.6) is 0 Å². The zero-order valence-electron chi connectivity index (χ0n) is 24.7. The fourth-order valence-corrected chi connectivity index (χ4v) is 20.6. The van der Waals surface area contributed by atoms with E-state index < -0.39 is 87.0 Å². The lowest BCUT2D eigenvalue weighted by atomic mass is 10.4. The van der Waals surface area contributed by atoms with Crippen molar-refractivity contribution in [3.63, 3.8) is 0 Å². The summed E-state index contributed by atoms with van der Waals surface area (Å²) >= 11 is 0. The van der Waals surface area contributed by atoms with E-state index in [1.165, 1.54) is 13.8 Å². The maximum absolute atomic E-state index is 15.2. The Bertz CT molecular complexity index is 816. The van der Waals surface area contributed by atoms with Gasteiger partial charge >= 0.3 is 14.8 Å². The quantitative estimate of drug-likeness (QED) is 0.0733. The van der Waals surface area contributed by atoms with Crippen molar-refractivity contribution in [2.75, 3.05) is 0 Å². The Labute approximate surface area is 234 Å². The fourth-order valence-electron chi connectivity index (χ4n) is 3.60. The van der Waals surface area contributed by atoms with Crippen LogP contribution in [0.1, 0.15) is 41.0 Å². The molecule has 0 aromatic rings. The third kappa shape index (κ3) is 8.03. The van der Waals surface area contributed by atoms with Crippen molar-refractivity contribution in [3.05, 3.63) is 12.2 Å². The molecule has 0 aliphatic carbocycles. The number of hydrogen-bond donors (Lipinski definition) is 0. The summed E-state index contributed by atoms with van der Waals surface area (Å²) in [5.41, 5.74) is -15.0. The summed E-state index contributed by atoms with van der Waals surface area (Å²) < 4.78 is 156. The van der Waals surface area contributed by atoms with Crippen molar-refractivity contribution < 1.29 is 61.4 Å². The van der Waals surface area contributed by atoms with E-state index in [9.17, 15) is 18.0 Å². The van der Waals surface area contributed by atoms with Crippen LogP contribution in [-0.2, 0) is 21.9 Å². The molecule has 0 heterocycles. The van der Waals surface area contributed by atoms with Gasteiger partial charge in [0.15, 0.2) is 24.2 Å². The Kier molecular flexibility index (Phi) is 12.7. The molecule has 4 unspecified atom stereocenters. The van der Waals surface area contributed by atoms with Crippen LogP contribution in [0.3, 0.4) is 0 Å². The number of alkyl halides is 9. The first-order chi connectivity index (χ1) is 17.5. The van der Waals surface area contributed by atoms with Gasteiger partial charge in [0.25, 0.3) is 41.6 Å². The first-order valence-corrected chi connectivity index (χ1v) is 23.0. The molecule has 0 aliphatic heterocycles. The van der Waals surface area contributed by atoms with E-state index >= 15 is 26.3 Å². The predicted octanol–water partition coefficient (Wildman–Crippen LogP) is 7.63. The maximum Gasteiger partial charge on any atom is 0.513 e. The van der Waals surface area contributed by atoms with Crippen molar-refractivity contribution in [1.29, 1.82) is 0 Å². The van der Waals surface area contributed by atoms with E-state index in [-0.39, 0.29) is 5.57 Å². The minimum atomic E-state index is -5.65. The van der Waals surface area contributed by atoms with E-state index in [2.05, 4.69) is 6.58 Å². The molecule has 0 spiro atoms. The highest BCUT2D eigenvalue weighted by molar-refractivity contribution is 6.92. The summed E-state index contributed by atoms with van der Waals surface area (Å²) in [5.74, 6) is -1.19. The van der Waals surface area contributed by atoms with Crippen LogP contribution >= 0.6 is 0 Å². The molecule has 0 saturated carbocycles. The van der Waals surface area contributed by atoms with E-state index in [4.69, 9.17) is 17.1 Å². The van der Waals surface area contributed by atoms with Crippen LogP contribution in [0, 0.1) is 0 Å². The first kappa shape index (κ1) is 39.3. The Hall–Kier alpha value is -0.672. The molecular weight excluding hydrogens is 628 g/mol. The Morgan fingerprint density at radius 1 is 0.700 bits per heavy atom. The Morgan fingerprint density at radius 3 is 1.12 bits per heavy atom. The SMILES string of the molecule is C=C(C)C(=O)OC(CC)[Si](O[Si](C)(C)C(F)(F)C(C)F)(O[Si](C)(C)C(F)(F)C(C)F)O[Si](C)(C)C(F)(F)C(C)F. The van der Waals surface area contributed by atoms with E-state index in [0.717, 1.165) is 39.3 Å². The van der Waals surface area contributed by atoms with Gasteiger partial charge in [-0.15, -0.1) is 0 Å². The first-order valence-electron chi connectivity index (χ1n) is 12.5. The third-order valence-corrected chi connectivity index (χ3v) is 23.3. The minimum Gasteiger partial charge on any atom is -0.455 e. The van der Waals surface area contributed by atoms with Crippen LogP contribution in [-0.4, -0.2) is 80.6 Å². The topological polar surface area (TPSA) is 54.0 Å². The highest BCUT2D eigenvalue weighted by Gasteiger charge is 2.71. The van der Waals surface area contributed by atoms with Gasteiger partial charge in [-0.25, -0.2) is 44.3 Å². The molecular formula is C22H41F9O5Si4. The second kappa shape index (κ2) is 12.9. The smallest absolute Gasteiger partial charge is 0.455 e. The maximum atomic E-state index is 15.2. The molecule has 238 valence electrons. The lowest BCUT2D eigenvalue weighted by Gasteiger charge is -2.50. The lowest BCUT2D eigenvalue weighted by Crippen LogP contribution is -2.76. The van der Waals surface area contributed by atoms with Gasteiger partial charge in [0.05, 0.1) is 0 Å². The average molecular weight is 669 g/mol. The average Bonchev–Trinajstić information content (AvgIpc) is 2.74. The van der Waals surface area contributed by atoms with Crippen molar-refractivity contribution in [1.82, 2.24) is 0 Å². The largest absolute Gasteiger partial charge is 0.513 e. The van der Waals surface area contributed by atoms with Crippen LogP contribution in [0.4, 0.5) is 39.5 Å². The van der Waals surface area contributed by atoms with Crippen molar-refractivity contribution >= 4 is 39.7 Å². The van der Waals surface area contributed by atoms with Gasteiger partial charge in [0.1, 0.15) is 0 Å². The zero-order chi connectivity index (χ0) is 32.5. The normalized spacial score (nSPS) is 18.9. The molecule has 0 N–H and O–H groups in total. The fraction of sp³-hybridized carbons (Fsp3) is 0.864. The number of esters is 1. The summed E-state index contributed by atoms with van der Waals surface area (Å²) in [6.45, 7) is 12.0. The second-order valence-corrected chi connectivity index (χ2v) is 26.6. The highest BCUT2D eigenvalue weighted by atomic mass is 28.5. The monoisotopic (exact) mass is 668 g/mol. The van der Waals surface area contributed by atoms with Crippen LogP contribution in [0.2, 0.25) is 39.3 Å². The van der Waals surface area contributed by atoms with E-state index in [1.807, 2.05) is 0 Å². The van der Waals surface area contributed by atoms with Gasteiger partial charge in [-0.2, -0.15) is 0 Å². The molecule has 0 amide bonds. The molecule has 0 aromatic carbocycles. The molecule has 0 fully saturated rings. The molecule has 5 nitrogen and oxygen atoms in total. The highest BCUT2D eigenvalue weighted by Crippen LogP contribution is 2.44. The van der Waals surface area contributed by atoms with Crippen LogP contribution < -0.4 is 0 Å². The Balaban J connectivity index is 7.76. The predicted molar refractivity (Wildman–Crippen MR) is 143 cm³/mol. The number of ether oxygens (including phenoxy) is 1. The molecule has 0 rings (SSSR count). The summed E-state index contributed by atoms with van der Waals surface area (Å²) in [5, 5.41) is 0. The van der Waals surface area contributed by atoms with Crippen molar-refractivity contribution in [2.45, 2.75) is 121 Å². The van der Waals surface area contributed by atoms with Crippen LogP contribution in [0.25, 0.3) is 0 Å². The number of halogens is 9. The standard InChI is InChI=1S/C22H41F9O5Si4/c1-13-18(33-19(32)14(2)3)40(34-37(7,8)20(26,27)15(4)23,35-38(9,10)21(28,29)16(5)24)36-39(11,12)22(30,31)17(6)25/h15-18H,2,13H2,1,3-12H3. The van der Waals surface area contributed by atoms with E-state index in [0.29, 0.717) is 20.8 Å². The molecule has 0 saturated heterocycles. The van der Waals surface area contributed by atoms with Gasteiger partial charge in [0, 0.05) is 5.57 Å². The van der Waals surface area contributed by atoms with Gasteiger partial charge in [-0.1, -0.05) is 13.5 Å². The summed E-state index contributed by atoms with van der Waals surface area (Å²) in [7, 11) is -20.4. The Morgan fingerprint density at radius 2 is 0.950 bits per heavy atom. The zero-order valence-corrected chi connectivity index (χ0v) is 28.7. The lowest BCUT2D eigenvalue weighted by molar-refractivity contribution is -0.143. The molecule has 0 radical (unpaired) electrons. The molecule has 18 heteroatoms. The third-order valence-electron chi connectivity index (χ3n) is 6.46. The van der Waals surface area contributed by atoms with Gasteiger partial charge in [-0.05, 0) is 73.4 Å². The van der Waals surface area contributed by atoms with Crippen LogP contribution in [0.15, 0.2) is 12.2 Å². The number of carbonyl (C=O) groups is 1. The molecule has 0 aliphatic rings. The number of hydrogen-bond acceptors (Lipinski definition) is 5. The molecule has 0 bridgehead atoms. The van der Waals surface area contributed by atoms with Gasteiger partial charge < -0.3 is 17.1 Å². The molecule has 40 heavy (non-hydrogen) atoms. The summed E-state index contributed by atoms with van der Waals surface area (Å²) in [6, 6.07) is 0. The van der Waals surface area contributed by atoms with Crippen molar-refractivity contribution in [3.8, 4) is 0 Å². The summed E-state index contributed by atoms with van der Waals surface area (Å²) in [4.78, 5) is 12.5. The number of carbonyl (C=O) groups excluding carboxylic acids is 1. The second-order valence-electron chi connectivity index (χ2n) is 11.2.